The quantitative estimate of drug-likeness (QED) is 0.553. The number of β-lactam (4-membered cyclic amide) rings is 1. The molecule has 0 radical (unpaired) electrons. The number of carboxylic acids is 1. The number of carbonyl (C=O) groups is 3. The van der Waals surface area contributed by atoms with Crippen LogP contribution in [0, 0.1) is 0 Å². The van der Waals surface area contributed by atoms with Crippen LogP contribution < -0.4 is 5.32 Å². The number of halogens is 1. The van der Waals surface area contributed by atoms with E-state index < -0.39 is 12.0 Å². The number of fused-ring (bicyclic) bond motifs is 1. The molecule has 2 amide bonds. The Bertz CT molecular complexity index is 425. The van der Waals surface area contributed by atoms with Crippen LogP contribution in [-0.4, -0.2) is 50.3 Å². The SMILES string of the molecule is O=C(CBr)NC1C(=O)N2C(C(=O)O)=CCS[C@H]12. The second-order valence-electron chi connectivity index (χ2n) is 3.51. The van der Waals surface area contributed by atoms with Gasteiger partial charge in [0.15, 0.2) is 0 Å². The number of nitrogens with zero attached hydrogens (tertiary/aromatic N) is 1. The van der Waals surface area contributed by atoms with Gasteiger partial charge in [-0.3, -0.25) is 14.5 Å². The van der Waals surface area contributed by atoms with E-state index in [0.717, 1.165) is 0 Å². The maximum absolute atomic E-state index is 11.7. The maximum atomic E-state index is 11.7. The fraction of sp³-hybridized carbons (Fsp3) is 0.444. The van der Waals surface area contributed by atoms with Crippen LogP contribution in [0.25, 0.3) is 0 Å². The summed E-state index contributed by atoms with van der Waals surface area (Å²) in [7, 11) is 0. The molecule has 92 valence electrons. The summed E-state index contributed by atoms with van der Waals surface area (Å²) < 4.78 is 0. The molecule has 2 rings (SSSR count). The number of nitrogens with one attached hydrogen (secondary N) is 1. The highest BCUT2D eigenvalue weighted by atomic mass is 79.9. The Balaban J connectivity index is 2.11. The van der Waals surface area contributed by atoms with E-state index in [0.29, 0.717) is 5.75 Å². The highest BCUT2D eigenvalue weighted by molar-refractivity contribution is 9.09. The van der Waals surface area contributed by atoms with Gasteiger partial charge < -0.3 is 10.4 Å². The first-order chi connectivity index (χ1) is 8.06. The minimum absolute atomic E-state index is 0.00286. The molecule has 2 N–H and O–H groups in total. The highest BCUT2D eigenvalue weighted by Crippen LogP contribution is 2.37. The molecule has 0 aliphatic carbocycles. The van der Waals surface area contributed by atoms with Crippen molar-refractivity contribution >= 4 is 45.5 Å². The van der Waals surface area contributed by atoms with Gasteiger partial charge in [0.25, 0.3) is 5.91 Å². The lowest BCUT2D eigenvalue weighted by Crippen LogP contribution is -2.70. The van der Waals surface area contributed by atoms with Crippen molar-refractivity contribution in [1.29, 1.82) is 0 Å². The van der Waals surface area contributed by atoms with E-state index in [1.54, 1.807) is 0 Å². The Morgan fingerprint density at radius 2 is 2.35 bits per heavy atom. The van der Waals surface area contributed by atoms with Crippen LogP contribution in [0.2, 0.25) is 0 Å². The fourth-order valence-corrected chi connectivity index (χ4v) is 3.11. The van der Waals surface area contributed by atoms with Crippen LogP contribution in [0.1, 0.15) is 0 Å². The van der Waals surface area contributed by atoms with Crippen molar-refractivity contribution in [2.45, 2.75) is 11.4 Å². The van der Waals surface area contributed by atoms with Gasteiger partial charge in [-0.25, -0.2) is 4.79 Å². The third-order valence-corrected chi connectivity index (χ3v) is 4.20. The zero-order valence-electron chi connectivity index (χ0n) is 8.55. The van der Waals surface area contributed by atoms with E-state index in [1.807, 2.05) is 0 Å². The minimum atomic E-state index is -1.12. The lowest BCUT2D eigenvalue weighted by molar-refractivity contribution is -0.150. The number of hydrogen-bond donors (Lipinski definition) is 2. The van der Waals surface area contributed by atoms with Crippen molar-refractivity contribution in [1.82, 2.24) is 10.2 Å². The maximum Gasteiger partial charge on any atom is 0.352 e. The van der Waals surface area contributed by atoms with E-state index in [1.165, 1.54) is 22.7 Å². The first-order valence-electron chi connectivity index (χ1n) is 4.79. The molecular formula is C9H9BrN2O4S. The van der Waals surface area contributed by atoms with Gasteiger partial charge in [-0.2, -0.15) is 0 Å². The molecule has 0 spiro atoms. The molecule has 17 heavy (non-hydrogen) atoms. The van der Waals surface area contributed by atoms with Crippen LogP contribution in [0.4, 0.5) is 0 Å². The Morgan fingerprint density at radius 3 is 2.94 bits per heavy atom. The zero-order chi connectivity index (χ0) is 12.6. The van der Waals surface area contributed by atoms with Crippen molar-refractivity contribution in [2.24, 2.45) is 0 Å². The lowest BCUT2D eigenvalue weighted by atomic mass is 10.1. The summed E-state index contributed by atoms with van der Waals surface area (Å²) in [6.45, 7) is 0. The molecule has 1 fully saturated rings. The predicted molar refractivity (Wildman–Crippen MR) is 64.5 cm³/mol. The lowest BCUT2D eigenvalue weighted by Gasteiger charge is -2.48. The smallest absolute Gasteiger partial charge is 0.352 e. The Morgan fingerprint density at radius 1 is 1.65 bits per heavy atom. The van der Waals surface area contributed by atoms with Gasteiger partial charge >= 0.3 is 5.97 Å². The molecule has 6 nitrogen and oxygen atoms in total. The number of carboxylic acid groups (broad SMARTS) is 1. The Labute approximate surface area is 110 Å². The van der Waals surface area contributed by atoms with Gasteiger partial charge in [0.1, 0.15) is 17.1 Å². The standard InChI is InChI=1S/C9H9BrN2O4S/c10-3-5(13)11-6-7(14)12-4(9(15)16)1-2-17-8(6)12/h1,6,8H,2-3H2,(H,11,13)(H,15,16)/t6?,8-/m1/s1. The van der Waals surface area contributed by atoms with Crippen LogP contribution in [0.15, 0.2) is 11.8 Å². The van der Waals surface area contributed by atoms with Crippen LogP contribution >= 0.6 is 27.7 Å². The number of aliphatic carboxylic acids is 1. The van der Waals surface area contributed by atoms with Crippen LogP contribution in [0.5, 0.6) is 0 Å². The van der Waals surface area contributed by atoms with Gasteiger partial charge in [0, 0.05) is 5.75 Å². The van der Waals surface area contributed by atoms with Gasteiger partial charge in [0.2, 0.25) is 5.91 Å². The van der Waals surface area contributed by atoms with E-state index in [9.17, 15) is 14.4 Å². The van der Waals surface area contributed by atoms with Crippen LogP contribution in [-0.2, 0) is 14.4 Å². The molecule has 2 heterocycles. The van der Waals surface area contributed by atoms with E-state index in [-0.39, 0.29) is 28.2 Å². The molecule has 2 aliphatic rings. The molecular weight excluding hydrogens is 312 g/mol. The average Bonchev–Trinajstić information content (AvgIpc) is 2.34. The van der Waals surface area contributed by atoms with Crippen molar-refractivity contribution in [3.8, 4) is 0 Å². The highest BCUT2D eigenvalue weighted by Gasteiger charge is 2.52. The molecule has 2 aliphatic heterocycles. The molecule has 8 heteroatoms. The molecule has 0 aromatic rings. The molecule has 0 bridgehead atoms. The number of amides is 2. The van der Waals surface area contributed by atoms with Crippen LogP contribution in [0.3, 0.4) is 0 Å². The summed E-state index contributed by atoms with van der Waals surface area (Å²) in [4.78, 5) is 35.0. The number of thioether (sulfide) groups is 1. The molecule has 0 aromatic heterocycles. The Hall–Kier alpha value is -1.02. The predicted octanol–water partition coefficient (Wildman–Crippen LogP) is -0.250. The van der Waals surface area contributed by atoms with Crippen molar-refractivity contribution in [2.75, 3.05) is 11.1 Å². The molecule has 2 atom stereocenters. The van der Waals surface area contributed by atoms with Gasteiger partial charge in [-0.15, -0.1) is 11.8 Å². The molecule has 1 saturated heterocycles. The summed E-state index contributed by atoms with van der Waals surface area (Å²) in [5, 5.41) is 11.3. The zero-order valence-corrected chi connectivity index (χ0v) is 11.0. The summed E-state index contributed by atoms with van der Waals surface area (Å²) in [5.41, 5.74) is 0.00286. The second kappa shape index (κ2) is 4.69. The van der Waals surface area contributed by atoms with E-state index >= 15 is 0 Å². The summed E-state index contributed by atoms with van der Waals surface area (Å²) in [6, 6.07) is -0.618. The topological polar surface area (TPSA) is 86.7 Å². The third kappa shape index (κ3) is 2.06. The normalized spacial score (nSPS) is 26.8. The second-order valence-corrected chi connectivity index (χ2v) is 5.22. The summed E-state index contributed by atoms with van der Waals surface area (Å²) >= 11 is 4.42. The first kappa shape index (κ1) is 12.4. The first-order valence-corrected chi connectivity index (χ1v) is 6.96. The fourth-order valence-electron chi connectivity index (χ4n) is 1.75. The Kier molecular flexibility index (Phi) is 3.43. The number of carbonyl (C=O) groups excluding carboxylic acids is 2. The number of hydrogen-bond acceptors (Lipinski definition) is 4. The third-order valence-electron chi connectivity index (χ3n) is 2.50. The molecule has 1 unspecified atom stereocenters. The van der Waals surface area contributed by atoms with Crippen molar-refractivity contribution in [3.63, 3.8) is 0 Å². The van der Waals surface area contributed by atoms with E-state index in [2.05, 4.69) is 21.2 Å². The largest absolute Gasteiger partial charge is 0.477 e. The van der Waals surface area contributed by atoms with Gasteiger partial charge in [0.05, 0.1) is 5.33 Å². The monoisotopic (exact) mass is 320 g/mol. The van der Waals surface area contributed by atoms with Crippen molar-refractivity contribution in [3.05, 3.63) is 11.8 Å². The van der Waals surface area contributed by atoms with Crippen molar-refractivity contribution < 1.29 is 19.5 Å². The summed E-state index contributed by atoms with van der Waals surface area (Å²) in [6.07, 6.45) is 1.50. The summed E-state index contributed by atoms with van der Waals surface area (Å²) in [5.74, 6) is -1.24. The molecule has 0 aromatic carbocycles. The molecule has 0 saturated carbocycles. The minimum Gasteiger partial charge on any atom is -0.477 e. The number of alkyl halides is 1. The van der Waals surface area contributed by atoms with E-state index in [4.69, 9.17) is 5.11 Å². The van der Waals surface area contributed by atoms with Gasteiger partial charge in [-0.1, -0.05) is 15.9 Å². The number of rotatable bonds is 3. The van der Waals surface area contributed by atoms with Gasteiger partial charge in [-0.05, 0) is 6.08 Å². The average molecular weight is 321 g/mol.